The lowest BCUT2D eigenvalue weighted by Crippen LogP contribution is -2.03. The summed E-state index contributed by atoms with van der Waals surface area (Å²) >= 11 is 0. The molecule has 0 amide bonds. The van der Waals surface area contributed by atoms with Gasteiger partial charge in [-0.05, 0) is 66.7 Å². The second-order valence-electron chi connectivity index (χ2n) is 14.6. The molecule has 12 aromatic rings. The second-order valence-corrected chi connectivity index (χ2v) is 14.6. The van der Waals surface area contributed by atoms with Crippen molar-refractivity contribution in [2.75, 3.05) is 0 Å². The van der Waals surface area contributed by atoms with Crippen LogP contribution in [0.15, 0.2) is 200 Å². The molecule has 5 nitrogen and oxygen atoms in total. The maximum absolute atomic E-state index is 5.37. The van der Waals surface area contributed by atoms with Gasteiger partial charge in [0, 0.05) is 32.7 Å². The second kappa shape index (κ2) is 12.4. The average molecular weight is 728 g/mol. The van der Waals surface area contributed by atoms with Crippen molar-refractivity contribution in [3.05, 3.63) is 200 Å². The zero-order chi connectivity index (χ0) is 37.5. The predicted molar refractivity (Wildman–Crippen MR) is 236 cm³/mol. The quantitative estimate of drug-likeness (QED) is 0.177. The molecule has 0 atom stereocenters. The van der Waals surface area contributed by atoms with Gasteiger partial charge in [0.15, 0.2) is 0 Å². The molecule has 0 aliphatic carbocycles. The average Bonchev–Trinajstić information content (AvgIpc) is 3.92. The van der Waals surface area contributed by atoms with Crippen molar-refractivity contribution in [3.63, 3.8) is 0 Å². The van der Waals surface area contributed by atoms with Gasteiger partial charge in [0.1, 0.15) is 11.0 Å². The van der Waals surface area contributed by atoms with E-state index >= 15 is 0 Å². The zero-order valence-electron chi connectivity index (χ0n) is 30.8. The Balaban J connectivity index is 1.21. The number of rotatable bonds is 5. The highest BCUT2D eigenvalue weighted by Gasteiger charge is 2.21. The molecular formula is C52H33N5. The monoisotopic (exact) mass is 727 g/mol. The summed E-state index contributed by atoms with van der Waals surface area (Å²) in [4.78, 5) is 10.7. The molecule has 7 aromatic carbocycles. The van der Waals surface area contributed by atoms with Gasteiger partial charge in [0.05, 0.1) is 61.6 Å². The van der Waals surface area contributed by atoms with Crippen LogP contribution in [0.2, 0.25) is 0 Å². The van der Waals surface area contributed by atoms with Crippen LogP contribution in [0.3, 0.4) is 0 Å². The van der Waals surface area contributed by atoms with E-state index in [0.29, 0.717) is 0 Å². The third-order valence-corrected chi connectivity index (χ3v) is 11.4. The summed E-state index contributed by atoms with van der Waals surface area (Å²) in [7, 11) is 0. The number of aromatic nitrogens is 5. The first kappa shape index (κ1) is 31.6. The van der Waals surface area contributed by atoms with Crippen molar-refractivity contribution >= 4 is 65.7 Å². The predicted octanol–water partition coefficient (Wildman–Crippen LogP) is 13.1. The molecule has 5 heterocycles. The smallest absolute Gasteiger partial charge is 0.116 e. The van der Waals surface area contributed by atoms with Crippen molar-refractivity contribution in [1.29, 1.82) is 0 Å². The molecule has 5 aromatic heterocycles. The van der Waals surface area contributed by atoms with Crippen molar-refractivity contribution in [2.45, 2.75) is 0 Å². The normalized spacial score (nSPS) is 11.9. The molecule has 0 fully saturated rings. The van der Waals surface area contributed by atoms with Gasteiger partial charge in [-0.3, -0.25) is 0 Å². The van der Waals surface area contributed by atoms with E-state index in [-0.39, 0.29) is 0 Å². The summed E-state index contributed by atoms with van der Waals surface area (Å²) < 4.78 is 7.18. The molecular weight excluding hydrogens is 695 g/mol. The fourth-order valence-electron chi connectivity index (χ4n) is 8.93. The molecule has 57 heavy (non-hydrogen) atoms. The van der Waals surface area contributed by atoms with E-state index in [4.69, 9.17) is 9.97 Å². The molecule has 0 radical (unpaired) electrons. The molecule has 0 bridgehead atoms. The standard InChI is InChI=1S/C52H33N5/c1-3-15-34(16-4-1)43-27-29-49-51(53-43)52-50(30-28-44(54-52)35-17-5-2-6-18-35)57(49)38-32-36(55-45-23-11-7-19-39(45)40-20-8-12-24-46(40)55)31-37(33-38)56-47-25-13-9-21-41(47)42-22-10-14-26-48(42)56/h1-33H. The van der Waals surface area contributed by atoms with Gasteiger partial charge in [-0.15, -0.1) is 0 Å². The SMILES string of the molecule is c1ccc(-c2ccc3c(n2)c2nc(-c4ccccc4)ccc2n3-c2cc(-n3c4ccccc4c4ccccc43)cc(-n3c4ccccc4c4ccccc43)c2)cc1. The first-order valence-electron chi connectivity index (χ1n) is 19.3. The van der Waals surface area contributed by atoms with E-state index in [0.717, 1.165) is 83.7 Å². The Kier molecular flexibility index (Phi) is 6.86. The minimum absolute atomic E-state index is 0.866. The van der Waals surface area contributed by atoms with E-state index in [1.54, 1.807) is 0 Å². The summed E-state index contributed by atoms with van der Waals surface area (Å²) in [6.07, 6.45) is 0. The summed E-state index contributed by atoms with van der Waals surface area (Å²) in [5.74, 6) is 0. The van der Waals surface area contributed by atoms with Gasteiger partial charge in [0.25, 0.3) is 0 Å². The van der Waals surface area contributed by atoms with Crippen LogP contribution in [0.1, 0.15) is 0 Å². The molecule has 0 N–H and O–H groups in total. The van der Waals surface area contributed by atoms with Gasteiger partial charge < -0.3 is 13.7 Å². The first-order chi connectivity index (χ1) is 28.3. The first-order valence-corrected chi connectivity index (χ1v) is 19.3. The third kappa shape index (κ3) is 4.82. The van der Waals surface area contributed by atoms with Crippen molar-refractivity contribution in [3.8, 4) is 39.6 Å². The maximum atomic E-state index is 5.37. The van der Waals surface area contributed by atoms with Crippen LogP contribution in [0.5, 0.6) is 0 Å². The summed E-state index contributed by atoms with van der Waals surface area (Å²) in [6.45, 7) is 0. The number of hydrogen-bond acceptors (Lipinski definition) is 2. The van der Waals surface area contributed by atoms with Gasteiger partial charge in [-0.2, -0.15) is 0 Å². The van der Waals surface area contributed by atoms with Crippen LogP contribution in [-0.2, 0) is 0 Å². The highest BCUT2D eigenvalue weighted by Crippen LogP contribution is 2.39. The van der Waals surface area contributed by atoms with Gasteiger partial charge in [-0.1, -0.05) is 133 Å². The third-order valence-electron chi connectivity index (χ3n) is 11.4. The largest absolute Gasteiger partial charge is 0.309 e. The summed E-state index contributed by atoms with van der Waals surface area (Å²) in [5.41, 5.74) is 15.5. The van der Waals surface area contributed by atoms with E-state index in [1.165, 1.54) is 21.5 Å². The number of fused-ring (bicyclic) bond motifs is 9. The number of para-hydroxylation sites is 4. The lowest BCUT2D eigenvalue weighted by molar-refractivity contribution is 1.10. The Morgan fingerprint density at radius 2 is 0.561 bits per heavy atom. The van der Waals surface area contributed by atoms with Crippen LogP contribution in [0.25, 0.3) is 105 Å². The van der Waals surface area contributed by atoms with E-state index in [2.05, 4.69) is 202 Å². The summed E-state index contributed by atoms with van der Waals surface area (Å²) in [6, 6.07) is 71.3. The van der Waals surface area contributed by atoms with E-state index in [1.807, 2.05) is 12.1 Å². The summed E-state index contributed by atoms with van der Waals surface area (Å²) in [5, 5.41) is 4.90. The molecule has 12 rings (SSSR count). The number of nitrogens with zero attached hydrogens (tertiary/aromatic N) is 5. The molecule has 0 saturated carbocycles. The molecule has 0 unspecified atom stereocenters. The molecule has 0 spiro atoms. The molecule has 0 aliphatic heterocycles. The van der Waals surface area contributed by atoms with Crippen LogP contribution in [0.4, 0.5) is 0 Å². The lowest BCUT2D eigenvalue weighted by Gasteiger charge is -2.17. The Morgan fingerprint density at radius 3 is 0.912 bits per heavy atom. The van der Waals surface area contributed by atoms with Gasteiger partial charge in [0.2, 0.25) is 0 Å². The Labute approximate surface area is 328 Å². The van der Waals surface area contributed by atoms with E-state index < -0.39 is 0 Å². The minimum Gasteiger partial charge on any atom is -0.309 e. The van der Waals surface area contributed by atoms with Crippen molar-refractivity contribution < 1.29 is 0 Å². The number of benzene rings is 7. The van der Waals surface area contributed by atoms with Crippen molar-refractivity contribution in [2.24, 2.45) is 0 Å². The van der Waals surface area contributed by atoms with Crippen LogP contribution in [-0.4, -0.2) is 23.7 Å². The van der Waals surface area contributed by atoms with Crippen LogP contribution >= 0.6 is 0 Å². The Hall–Kier alpha value is -7.76. The van der Waals surface area contributed by atoms with Crippen LogP contribution < -0.4 is 0 Å². The number of pyridine rings is 2. The topological polar surface area (TPSA) is 40.6 Å². The molecule has 0 saturated heterocycles. The van der Waals surface area contributed by atoms with E-state index in [9.17, 15) is 0 Å². The van der Waals surface area contributed by atoms with Gasteiger partial charge in [-0.25, -0.2) is 9.97 Å². The van der Waals surface area contributed by atoms with Crippen LogP contribution in [0, 0.1) is 0 Å². The zero-order valence-corrected chi connectivity index (χ0v) is 30.8. The molecule has 5 heteroatoms. The maximum Gasteiger partial charge on any atom is 0.116 e. The fraction of sp³-hybridized carbons (Fsp3) is 0. The van der Waals surface area contributed by atoms with Crippen molar-refractivity contribution in [1.82, 2.24) is 23.7 Å². The fourth-order valence-corrected chi connectivity index (χ4v) is 8.93. The molecule has 0 aliphatic rings. The Bertz CT molecular complexity index is 3180. The highest BCUT2D eigenvalue weighted by atomic mass is 15.1. The highest BCUT2D eigenvalue weighted by molar-refractivity contribution is 6.11. The lowest BCUT2D eigenvalue weighted by atomic mass is 10.1. The Morgan fingerprint density at radius 1 is 0.263 bits per heavy atom. The number of hydrogen-bond donors (Lipinski definition) is 0. The molecule has 266 valence electrons. The van der Waals surface area contributed by atoms with Gasteiger partial charge >= 0.3 is 0 Å². The minimum atomic E-state index is 0.866.